The van der Waals surface area contributed by atoms with Gasteiger partial charge >= 0.3 is 0 Å². The molecule has 7 rings (SSSR count). The number of thioether (sulfide) groups is 8. The molecular weight excluding hydrogens is 521 g/mol. The Balaban J connectivity index is 1.20. The number of rotatable bonds is 0. The Morgan fingerprint density at radius 2 is 0.767 bits per heavy atom. The highest BCUT2D eigenvalue weighted by molar-refractivity contribution is 8.49. The van der Waals surface area contributed by atoms with E-state index in [4.69, 9.17) is 0 Å². The standard InChI is InChI=1S/C22H12S8/c1-3-7-13-11(5-1)12-6-2-4-8-14(12)15(13)16-25-19-20(26-16)30-22(29-19)21-27-17-18(28-21)24-10-9-23-17/h1-8H,9-10H2. The summed E-state index contributed by atoms with van der Waals surface area (Å²) in [7, 11) is 0. The summed E-state index contributed by atoms with van der Waals surface area (Å²) in [5.74, 6) is 2.50. The molecule has 0 radical (unpaired) electrons. The largest absolute Gasteiger partial charge is 0.116 e. The minimum atomic E-state index is 1.25. The Kier molecular flexibility index (Phi) is 5.18. The molecule has 0 atom stereocenters. The third kappa shape index (κ3) is 3.16. The van der Waals surface area contributed by atoms with E-state index in [0.29, 0.717) is 0 Å². The molecule has 0 spiro atoms. The minimum Gasteiger partial charge on any atom is -0.116 e. The predicted octanol–water partition coefficient (Wildman–Crippen LogP) is 9.68. The smallest absolute Gasteiger partial charge is 0.0718 e. The van der Waals surface area contributed by atoms with Gasteiger partial charge in [-0.1, -0.05) is 119 Å². The van der Waals surface area contributed by atoms with Crippen molar-refractivity contribution in [1.82, 2.24) is 0 Å². The molecule has 30 heavy (non-hydrogen) atoms. The highest BCUT2D eigenvalue weighted by Crippen LogP contribution is 2.72. The summed E-state index contributed by atoms with van der Waals surface area (Å²) < 4.78 is 10.5. The number of benzene rings is 2. The second-order valence-electron chi connectivity index (χ2n) is 6.79. The maximum atomic E-state index is 2.28. The summed E-state index contributed by atoms with van der Waals surface area (Å²) in [6, 6.07) is 17.7. The van der Waals surface area contributed by atoms with E-state index in [0.717, 1.165) is 0 Å². The number of fused-ring (bicyclic) bond motifs is 3. The van der Waals surface area contributed by atoms with Crippen molar-refractivity contribution in [2.75, 3.05) is 11.5 Å². The summed E-state index contributed by atoms with van der Waals surface area (Å²) in [6.07, 6.45) is 0. The molecule has 0 saturated heterocycles. The van der Waals surface area contributed by atoms with Gasteiger partial charge in [0.05, 0.1) is 29.7 Å². The van der Waals surface area contributed by atoms with E-state index in [-0.39, 0.29) is 0 Å². The van der Waals surface area contributed by atoms with Crippen molar-refractivity contribution in [3.63, 3.8) is 0 Å². The van der Waals surface area contributed by atoms with Crippen molar-refractivity contribution >= 4 is 99.7 Å². The summed E-state index contributed by atoms with van der Waals surface area (Å²) in [6.45, 7) is 0. The van der Waals surface area contributed by atoms with Crippen LogP contribution in [0, 0.1) is 0 Å². The van der Waals surface area contributed by atoms with Crippen LogP contribution in [0.2, 0.25) is 0 Å². The fourth-order valence-corrected chi connectivity index (χ4v) is 16.5. The maximum absolute atomic E-state index is 2.28. The van der Waals surface area contributed by atoms with E-state index in [1.807, 2.05) is 94.1 Å². The first kappa shape index (κ1) is 19.6. The summed E-state index contributed by atoms with van der Waals surface area (Å²) in [5, 5.41) is 0. The van der Waals surface area contributed by atoms with Crippen molar-refractivity contribution in [2.24, 2.45) is 0 Å². The van der Waals surface area contributed by atoms with Crippen molar-refractivity contribution in [3.8, 4) is 11.1 Å². The third-order valence-corrected chi connectivity index (χ3v) is 17.0. The molecule has 0 saturated carbocycles. The molecule has 0 N–H and O–H groups in total. The van der Waals surface area contributed by atoms with E-state index in [1.165, 1.54) is 69.0 Å². The average molecular weight is 533 g/mol. The Hall–Kier alpha value is 0.200. The molecule has 0 fully saturated rings. The van der Waals surface area contributed by atoms with Crippen LogP contribution in [0.1, 0.15) is 11.1 Å². The van der Waals surface area contributed by atoms with Crippen LogP contribution in [0.15, 0.2) is 78.2 Å². The Morgan fingerprint density at radius 3 is 1.23 bits per heavy atom. The van der Waals surface area contributed by atoms with Gasteiger partial charge in [-0.15, -0.1) is 23.5 Å². The van der Waals surface area contributed by atoms with Gasteiger partial charge in [0.1, 0.15) is 0 Å². The average Bonchev–Trinajstić information content (AvgIpc) is 3.52. The summed E-state index contributed by atoms with van der Waals surface area (Å²) in [5.41, 5.74) is 6.94. The van der Waals surface area contributed by atoms with Crippen molar-refractivity contribution in [3.05, 3.63) is 89.3 Å². The zero-order valence-corrected chi connectivity index (χ0v) is 21.8. The van der Waals surface area contributed by atoms with Gasteiger partial charge in [-0.3, -0.25) is 0 Å². The summed E-state index contributed by atoms with van der Waals surface area (Å²) >= 11 is 16.0. The van der Waals surface area contributed by atoms with Gasteiger partial charge < -0.3 is 0 Å². The summed E-state index contributed by atoms with van der Waals surface area (Å²) in [4.78, 5) is 0. The molecular formula is C22H12S8. The van der Waals surface area contributed by atoms with E-state index < -0.39 is 0 Å². The molecule has 1 aliphatic carbocycles. The monoisotopic (exact) mass is 532 g/mol. The fraction of sp³-hybridized carbons (Fsp3) is 0.0909. The zero-order valence-electron chi connectivity index (χ0n) is 15.3. The lowest BCUT2D eigenvalue weighted by molar-refractivity contribution is 1.56. The molecule has 8 heteroatoms. The molecule has 4 aliphatic heterocycles. The van der Waals surface area contributed by atoms with Crippen molar-refractivity contribution in [2.45, 2.75) is 0 Å². The minimum absolute atomic E-state index is 1.25. The van der Waals surface area contributed by atoms with Gasteiger partial charge in [-0.25, -0.2) is 0 Å². The molecule has 0 unspecified atom stereocenters. The lowest BCUT2D eigenvalue weighted by Gasteiger charge is -2.10. The first-order chi connectivity index (χ1) is 14.8. The first-order valence-electron chi connectivity index (χ1n) is 9.34. The van der Waals surface area contributed by atoms with Crippen LogP contribution in [-0.2, 0) is 0 Å². The van der Waals surface area contributed by atoms with Crippen LogP contribution in [0.25, 0.3) is 16.7 Å². The fourth-order valence-electron chi connectivity index (χ4n) is 3.81. The predicted molar refractivity (Wildman–Crippen MR) is 149 cm³/mol. The van der Waals surface area contributed by atoms with Crippen LogP contribution < -0.4 is 0 Å². The van der Waals surface area contributed by atoms with Gasteiger partial charge in [0.2, 0.25) is 0 Å². The Bertz CT molecular complexity index is 1160. The lowest BCUT2D eigenvalue weighted by atomic mass is 10.1. The Morgan fingerprint density at radius 1 is 0.400 bits per heavy atom. The lowest BCUT2D eigenvalue weighted by Crippen LogP contribution is -1.88. The second kappa shape index (κ2) is 7.90. The molecule has 148 valence electrons. The molecule has 5 aliphatic rings. The van der Waals surface area contributed by atoms with Gasteiger partial charge in [0.15, 0.2) is 0 Å². The van der Waals surface area contributed by atoms with Gasteiger partial charge in [0.25, 0.3) is 0 Å². The van der Waals surface area contributed by atoms with Gasteiger partial charge in [-0.05, 0) is 22.3 Å². The van der Waals surface area contributed by atoms with Crippen LogP contribution in [0.4, 0.5) is 0 Å². The van der Waals surface area contributed by atoms with Crippen LogP contribution >= 0.6 is 94.1 Å². The molecule has 0 nitrogen and oxygen atoms in total. The number of hydrogen-bond donors (Lipinski definition) is 0. The second-order valence-corrected chi connectivity index (χ2v) is 16.9. The van der Waals surface area contributed by atoms with E-state index in [9.17, 15) is 0 Å². The topological polar surface area (TPSA) is 0 Å². The van der Waals surface area contributed by atoms with Crippen molar-refractivity contribution < 1.29 is 0 Å². The molecule has 4 heterocycles. The van der Waals surface area contributed by atoms with Crippen LogP contribution in [0.3, 0.4) is 0 Å². The van der Waals surface area contributed by atoms with Crippen LogP contribution in [-0.4, -0.2) is 11.5 Å². The van der Waals surface area contributed by atoms with E-state index in [1.54, 1.807) is 0 Å². The third-order valence-electron chi connectivity index (χ3n) is 5.05. The highest BCUT2D eigenvalue weighted by Gasteiger charge is 2.37. The van der Waals surface area contributed by atoms with E-state index >= 15 is 0 Å². The first-order valence-corrected chi connectivity index (χ1v) is 16.2. The number of hydrogen-bond acceptors (Lipinski definition) is 8. The normalized spacial score (nSPS) is 22.1. The Labute approximate surface area is 209 Å². The highest BCUT2D eigenvalue weighted by atomic mass is 32.3. The molecule has 2 aromatic rings. The van der Waals surface area contributed by atoms with Crippen LogP contribution in [0.5, 0.6) is 0 Å². The molecule has 0 bridgehead atoms. The van der Waals surface area contributed by atoms with E-state index in [2.05, 4.69) is 48.5 Å². The quantitative estimate of drug-likeness (QED) is 0.277. The molecule has 2 aromatic carbocycles. The molecule has 0 aromatic heterocycles. The van der Waals surface area contributed by atoms with Gasteiger partial charge in [-0.2, -0.15) is 0 Å². The zero-order chi connectivity index (χ0) is 19.7. The SMILES string of the molecule is c1ccc2c(c1)C(=C1SC3=C(SC(=C4SC5=C(SCCS5)S4)S3)S1)c1ccccc1-2. The van der Waals surface area contributed by atoms with Crippen molar-refractivity contribution in [1.29, 1.82) is 0 Å². The molecule has 0 amide bonds. The van der Waals surface area contributed by atoms with Gasteiger partial charge in [0, 0.05) is 17.1 Å². The maximum Gasteiger partial charge on any atom is 0.0718 e.